The number of carbonyl (C=O) groups is 2. The number of nitrogens with zero attached hydrogens (tertiary/aromatic N) is 1. The van der Waals surface area contributed by atoms with Crippen LogP contribution in [0.2, 0.25) is 0 Å². The SMILES string of the molecule is CCOC(=O)C1C(=O)NCC2CCCN21. The molecule has 0 radical (unpaired) electrons. The molecule has 2 saturated heterocycles. The summed E-state index contributed by atoms with van der Waals surface area (Å²) >= 11 is 0. The van der Waals surface area contributed by atoms with E-state index in [-0.39, 0.29) is 5.91 Å². The third-order valence-corrected chi connectivity index (χ3v) is 3.02. The molecule has 2 rings (SSSR count). The Kier molecular flexibility index (Phi) is 2.90. The van der Waals surface area contributed by atoms with Crippen molar-refractivity contribution in [1.82, 2.24) is 10.2 Å². The second-order valence-corrected chi connectivity index (χ2v) is 3.93. The fourth-order valence-corrected chi connectivity index (χ4v) is 2.35. The summed E-state index contributed by atoms with van der Waals surface area (Å²) in [6.45, 7) is 3.55. The van der Waals surface area contributed by atoms with Crippen molar-refractivity contribution in [3.63, 3.8) is 0 Å². The van der Waals surface area contributed by atoms with Gasteiger partial charge in [-0.3, -0.25) is 9.69 Å². The standard InChI is InChI=1S/C10H16N2O3/c1-2-15-10(14)8-9(13)11-6-7-4-3-5-12(7)8/h7-8H,2-6H2,1H3,(H,11,13). The Bertz CT molecular complexity index is 280. The summed E-state index contributed by atoms with van der Waals surface area (Å²) in [5, 5.41) is 2.76. The molecule has 5 nitrogen and oxygen atoms in total. The van der Waals surface area contributed by atoms with Crippen LogP contribution in [0.4, 0.5) is 0 Å². The molecule has 15 heavy (non-hydrogen) atoms. The van der Waals surface area contributed by atoms with Crippen LogP contribution in [0.5, 0.6) is 0 Å². The molecule has 2 heterocycles. The second-order valence-electron chi connectivity index (χ2n) is 3.93. The van der Waals surface area contributed by atoms with Gasteiger partial charge in [-0.1, -0.05) is 0 Å². The number of carbonyl (C=O) groups excluding carboxylic acids is 2. The lowest BCUT2D eigenvalue weighted by molar-refractivity contribution is -0.156. The Morgan fingerprint density at radius 1 is 1.67 bits per heavy atom. The van der Waals surface area contributed by atoms with Crippen molar-refractivity contribution < 1.29 is 14.3 Å². The number of ether oxygens (including phenoxy) is 1. The van der Waals surface area contributed by atoms with Gasteiger partial charge >= 0.3 is 5.97 Å². The van der Waals surface area contributed by atoms with E-state index in [4.69, 9.17) is 4.74 Å². The highest BCUT2D eigenvalue weighted by atomic mass is 16.5. The van der Waals surface area contributed by atoms with Gasteiger partial charge in [-0.2, -0.15) is 0 Å². The zero-order valence-electron chi connectivity index (χ0n) is 8.86. The van der Waals surface area contributed by atoms with E-state index in [1.165, 1.54) is 0 Å². The van der Waals surface area contributed by atoms with E-state index in [1.807, 2.05) is 4.90 Å². The Hall–Kier alpha value is -1.10. The van der Waals surface area contributed by atoms with Gasteiger partial charge < -0.3 is 10.1 Å². The van der Waals surface area contributed by atoms with Gasteiger partial charge in [0.05, 0.1) is 6.61 Å². The van der Waals surface area contributed by atoms with Crippen molar-refractivity contribution in [3.8, 4) is 0 Å². The van der Waals surface area contributed by atoms with Crippen LogP contribution in [-0.4, -0.2) is 48.6 Å². The van der Waals surface area contributed by atoms with Crippen LogP contribution in [0.25, 0.3) is 0 Å². The lowest BCUT2D eigenvalue weighted by Gasteiger charge is -2.35. The van der Waals surface area contributed by atoms with Gasteiger partial charge in [-0.15, -0.1) is 0 Å². The molecule has 2 atom stereocenters. The van der Waals surface area contributed by atoms with Crippen molar-refractivity contribution in [2.75, 3.05) is 19.7 Å². The normalized spacial score (nSPS) is 30.9. The van der Waals surface area contributed by atoms with Crippen molar-refractivity contribution >= 4 is 11.9 Å². The molecule has 0 aromatic heterocycles. The summed E-state index contributed by atoms with van der Waals surface area (Å²) in [6.07, 6.45) is 2.10. The molecular weight excluding hydrogens is 196 g/mol. The number of rotatable bonds is 2. The molecule has 1 amide bonds. The minimum Gasteiger partial charge on any atom is -0.464 e. The Balaban J connectivity index is 2.11. The quantitative estimate of drug-likeness (QED) is 0.496. The van der Waals surface area contributed by atoms with Crippen LogP contribution in [0.3, 0.4) is 0 Å². The van der Waals surface area contributed by atoms with Crippen molar-refractivity contribution in [2.45, 2.75) is 31.8 Å². The predicted octanol–water partition coefficient (Wildman–Crippen LogP) is -0.488. The molecule has 0 saturated carbocycles. The maximum atomic E-state index is 11.6. The maximum absolute atomic E-state index is 11.6. The van der Waals surface area contributed by atoms with E-state index < -0.39 is 12.0 Å². The summed E-state index contributed by atoms with van der Waals surface area (Å²) < 4.78 is 4.92. The summed E-state index contributed by atoms with van der Waals surface area (Å²) in [7, 11) is 0. The number of hydrogen-bond donors (Lipinski definition) is 1. The third kappa shape index (κ3) is 1.84. The summed E-state index contributed by atoms with van der Waals surface area (Å²) in [6, 6.07) is -0.400. The predicted molar refractivity (Wildman–Crippen MR) is 53.2 cm³/mol. The lowest BCUT2D eigenvalue weighted by atomic mass is 10.1. The van der Waals surface area contributed by atoms with E-state index in [0.29, 0.717) is 19.2 Å². The average molecular weight is 212 g/mol. The first-order valence-corrected chi connectivity index (χ1v) is 5.44. The molecule has 0 spiro atoms. The van der Waals surface area contributed by atoms with E-state index in [0.717, 1.165) is 19.4 Å². The monoisotopic (exact) mass is 212 g/mol. The first-order valence-electron chi connectivity index (χ1n) is 5.44. The largest absolute Gasteiger partial charge is 0.464 e. The van der Waals surface area contributed by atoms with Gasteiger partial charge in [-0.05, 0) is 26.3 Å². The van der Waals surface area contributed by atoms with Gasteiger partial charge in [0, 0.05) is 12.6 Å². The molecule has 0 bridgehead atoms. The average Bonchev–Trinajstić information content (AvgIpc) is 2.65. The van der Waals surface area contributed by atoms with Crippen molar-refractivity contribution in [3.05, 3.63) is 0 Å². The van der Waals surface area contributed by atoms with Crippen LogP contribution in [-0.2, 0) is 14.3 Å². The zero-order chi connectivity index (χ0) is 10.8. The van der Waals surface area contributed by atoms with Gasteiger partial charge in [0.2, 0.25) is 5.91 Å². The van der Waals surface area contributed by atoms with Gasteiger partial charge in [0.15, 0.2) is 6.04 Å². The Morgan fingerprint density at radius 3 is 3.20 bits per heavy atom. The first kappa shape index (κ1) is 10.4. The van der Waals surface area contributed by atoms with E-state index in [9.17, 15) is 9.59 Å². The third-order valence-electron chi connectivity index (χ3n) is 3.02. The molecule has 0 aromatic rings. The lowest BCUT2D eigenvalue weighted by Crippen LogP contribution is -2.61. The van der Waals surface area contributed by atoms with Crippen molar-refractivity contribution in [2.24, 2.45) is 0 Å². The minimum atomic E-state index is -0.716. The van der Waals surface area contributed by atoms with Crippen LogP contribution < -0.4 is 5.32 Å². The molecule has 0 aromatic carbocycles. The first-order chi connectivity index (χ1) is 7.24. The summed E-state index contributed by atoms with van der Waals surface area (Å²) in [4.78, 5) is 25.2. The van der Waals surface area contributed by atoms with Crippen molar-refractivity contribution in [1.29, 1.82) is 0 Å². The van der Waals surface area contributed by atoms with Gasteiger partial charge in [0.25, 0.3) is 0 Å². The second kappa shape index (κ2) is 4.18. The van der Waals surface area contributed by atoms with Crippen LogP contribution in [0.1, 0.15) is 19.8 Å². The van der Waals surface area contributed by atoms with Gasteiger partial charge in [0.1, 0.15) is 0 Å². The molecule has 2 aliphatic rings. The fraction of sp³-hybridized carbons (Fsp3) is 0.800. The van der Waals surface area contributed by atoms with E-state index >= 15 is 0 Å². The topological polar surface area (TPSA) is 58.6 Å². The number of esters is 1. The Morgan fingerprint density at radius 2 is 2.47 bits per heavy atom. The number of fused-ring (bicyclic) bond motifs is 1. The van der Waals surface area contributed by atoms with Crippen LogP contribution in [0, 0.1) is 0 Å². The smallest absolute Gasteiger partial charge is 0.333 e. The Labute approximate surface area is 88.8 Å². The summed E-state index contributed by atoms with van der Waals surface area (Å²) in [5.74, 6) is -0.631. The number of hydrogen-bond acceptors (Lipinski definition) is 4. The number of nitrogens with one attached hydrogen (secondary N) is 1. The van der Waals surface area contributed by atoms with E-state index in [2.05, 4.69) is 5.32 Å². The minimum absolute atomic E-state index is 0.216. The van der Waals surface area contributed by atoms with Crippen LogP contribution >= 0.6 is 0 Å². The molecule has 5 heteroatoms. The molecule has 0 aliphatic carbocycles. The molecular formula is C10H16N2O3. The van der Waals surface area contributed by atoms with E-state index in [1.54, 1.807) is 6.92 Å². The number of amides is 1. The van der Waals surface area contributed by atoms with Gasteiger partial charge in [-0.25, -0.2) is 4.79 Å². The highest BCUT2D eigenvalue weighted by molar-refractivity contribution is 6.02. The number of piperazine rings is 1. The molecule has 1 N–H and O–H groups in total. The molecule has 2 aliphatic heterocycles. The maximum Gasteiger partial charge on any atom is 0.333 e. The zero-order valence-corrected chi connectivity index (χ0v) is 8.86. The van der Waals surface area contributed by atoms with Crippen LogP contribution in [0.15, 0.2) is 0 Å². The molecule has 2 fully saturated rings. The molecule has 2 unspecified atom stereocenters. The molecule has 84 valence electrons. The highest BCUT2D eigenvalue weighted by Crippen LogP contribution is 2.23. The summed E-state index contributed by atoms with van der Waals surface area (Å²) in [5.41, 5.74) is 0. The fourth-order valence-electron chi connectivity index (χ4n) is 2.35. The highest BCUT2D eigenvalue weighted by Gasteiger charge is 2.43.